The Balaban J connectivity index is 2.69. The fourth-order valence-corrected chi connectivity index (χ4v) is 1.18. The summed E-state index contributed by atoms with van der Waals surface area (Å²) in [5.41, 5.74) is 0.978. The maximum absolute atomic E-state index is 9.78. The fourth-order valence-electron chi connectivity index (χ4n) is 0.760. The molecule has 0 aliphatic heterocycles. The second kappa shape index (κ2) is 4.72. The van der Waals surface area contributed by atoms with Gasteiger partial charge in [-0.15, -0.1) is 0 Å². The van der Waals surface area contributed by atoms with E-state index in [2.05, 4.69) is 20.7 Å². The van der Waals surface area contributed by atoms with Crippen molar-refractivity contribution in [3.63, 3.8) is 0 Å². The van der Waals surface area contributed by atoms with Gasteiger partial charge in [0, 0.05) is 4.47 Å². The predicted octanol–water partition coefficient (Wildman–Crippen LogP) is 2.59. The molecule has 1 aromatic carbocycles. The number of hydrogen-bond acceptors (Lipinski definition) is 2. The van der Waals surface area contributed by atoms with Gasteiger partial charge in [0.05, 0.1) is 6.26 Å². The van der Waals surface area contributed by atoms with Crippen molar-refractivity contribution < 1.29 is 9.53 Å². The van der Waals surface area contributed by atoms with Gasteiger partial charge in [0.25, 0.3) is 6.47 Å². The Morgan fingerprint density at radius 3 is 2.92 bits per heavy atom. The van der Waals surface area contributed by atoms with Crippen LogP contribution in [0.15, 0.2) is 35.0 Å². The molecule has 1 aromatic rings. The van der Waals surface area contributed by atoms with E-state index in [-0.39, 0.29) is 0 Å². The standard InChI is InChI=1S/C9H7BrO2/c10-9-3-1-2-8(6-9)4-5-12-7-11/h1-7H/b5-4+. The van der Waals surface area contributed by atoms with Crippen LogP contribution in [0.25, 0.3) is 6.08 Å². The molecule has 0 N–H and O–H groups in total. The Morgan fingerprint density at radius 1 is 1.42 bits per heavy atom. The van der Waals surface area contributed by atoms with Crippen molar-refractivity contribution in [1.82, 2.24) is 0 Å². The molecular weight excluding hydrogens is 220 g/mol. The van der Waals surface area contributed by atoms with Crippen molar-refractivity contribution in [2.24, 2.45) is 0 Å². The highest BCUT2D eigenvalue weighted by Crippen LogP contribution is 2.12. The Kier molecular flexibility index (Phi) is 3.54. The van der Waals surface area contributed by atoms with Crippen LogP contribution in [0.5, 0.6) is 0 Å². The first-order valence-corrected chi connectivity index (χ1v) is 4.13. The van der Waals surface area contributed by atoms with Crippen molar-refractivity contribution in [2.45, 2.75) is 0 Å². The SMILES string of the molecule is O=CO/C=C/c1cccc(Br)c1. The largest absolute Gasteiger partial charge is 0.437 e. The highest BCUT2D eigenvalue weighted by molar-refractivity contribution is 9.10. The maximum Gasteiger partial charge on any atom is 0.297 e. The van der Waals surface area contributed by atoms with Crippen molar-refractivity contribution in [3.8, 4) is 0 Å². The van der Waals surface area contributed by atoms with Gasteiger partial charge in [-0.3, -0.25) is 4.79 Å². The lowest BCUT2D eigenvalue weighted by atomic mass is 10.2. The molecule has 62 valence electrons. The zero-order valence-corrected chi connectivity index (χ0v) is 7.82. The van der Waals surface area contributed by atoms with Gasteiger partial charge in [-0.05, 0) is 23.8 Å². The Labute approximate surface area is 79.0 Å². The lowest BCUT2D eigenvalue weighted by Crippen LogP contribution is -1.74. The number of carbonyl (C=O) groups is 1. The van der Waals surface area contributed by atoms with Crippen LogP contribution in [-0.2, 0) is 9.53 Å². The van der Waals surface area contributed by atoms with Crippen LogP contribution in [-0.4, -0.2) is 6.47 Å². The van der Waals surface area contributed by atoms with Crippen LogP contribution < -0.4 is 0 Å². The van der Waals surface area contributed by atoms with Crippen molar-refractivity contribution >= 4 is 28.5 Å². The highest BCUT2D eigenvalue weighted by Gasteiger charge is 1.87. The van der Waals surface area contributed by atoms with Crippen LogP contribution in [0.4, 0.5) is 0 Å². The van der Waals surface area contributed by atoms with E-state index in [1.54, 1.807) is 6.08 Å². The molecule has 0 radical (unpaired) electrons. The zero-order valence-electron chi connectivity index (χ0n) is 6.24. The number of hydrogen-bond donors (Lipinski definition) is 0. The Bertz CT molecular complexity index is 294. The number of ether oxygens (including phenoxy) is 1. The third-order valence-electron chi connectivity index (χ3n) is 1.24. The van der Waals surface area contributed by atoms with Crippen LogP contribution in [0, 0.1) is 0 Å². The topological polar surface area (TPSA) is 26.3 Å². The highest BCUT2D eigenvalue weighted by atomic mass is 79.9. The lowest BCUT2D eigenvalue weighted by molar-refractivity contribution is -0.123. The lowest BCUT2D eigenvalue weighted by Gasteiger charge is -1.92. The molecule has 0 atom stereocenters. The Morgan fingerprint density at radius 2 is 2.25 bits per heavy atom. The van der Waals surface area contributed by atoms with Crippen LogP contribution in [0.1, 0.15) is 5.56 Å². The molecular formula is C9H7BrO2. The maximum atomic E-state index is 9.78. The van der Waals surface area contributed by atoms with E-state index in [4.69, 9.17) is 0 Å². The summed E-state index contributed by atoms with van der Waals surface area (Å²) < 4.78 is 5.40. The summed E-state index contributed by atoms with van der Waals surface area (Å²) >= 11 is 3.33. The predicted molar refractivity (Wildman–Crippen MR) is 50.3 cm³/mol. The van der Waals surface area contributed by atoms with Gasteiger partial charge in [-0.1, -0.05) is 28.1 Å². The summed E-state index contributed by atoms with van der Waals surface area (Å²) in [5.74, 6) is 0. The van der Waals surface area contributed by atoms with Crippen LogP contribution in [0.3, 0.4) is 0 Å². The first-order chi connectivity index (χ1) is 5.83. The molecule has 0 bridgehead atoms. The Hall–Kier alpha value is -1.09. The molecule has 2 nitrogen and oxygen atoms in total. The average Bonchev–Trinajstić information content (AvgIpc) is 2.05. The average molecular weight is 227 g/mol. The molecule has 0 aromatic heterocycles. The summed E-state index contributed by atoms with van der Waals surface area (Å²) in [6.07, 6.45) is 3.05. The van der Waals surface area contributed by atoms with Crippen molar-refractivity contribution in [1.29, 1.82) is 0 Å². The molecule has 3 heteroatoms. The van der Waals surface area contributed by atoms with Gasteiger partial charge in [-0.2, -0.15) is 0 Å². The summed E-state index contributed by atoms with van der Waals surface area (Å²) in [4.78, 5) is 9.78. The second-order valence-corrected chi connectivity index (χ2v) is 3.01. The van der Waals surface area contributed by atoms with Gasteiger partial charge in [0.2, 0.25) is 0 Å². The molecule has 0 spiro atoms. The summed E-state index contributed by atoms with van der Waals surface area (Å²) in [6, 6.07) is 7.67. The van der Waals surface area contributed by atoms with Gasteiger partial charge in [0.1, 0.15) is 0 Å². The molecule has 0 unspecified atom stereocenters. The van der Waals surface area contributed by atoms with E-state index in [1.165, 1.54) is 6.26 Å². The monoisotopic (exact) mass is 226 g/mol. The smallest absolute Gasteiger partial charge is 0.297 e. The number of carbonyl (C=O) groups excluding carboxylic acids is 1. The van der Waals surface area contributed by atoms with E-state index < -0.39 is 0 Å². The molecule has 12 heavy (non-hydrogen) atoms. The van der Waals surface area contributed by atoms with Gasteiger partial charge < -0.3 is 4.74 Å². The number of halogens is 1. The summed E-state index contributed by atoms with van der Waals surface area (Å²) in [5, 5.41) is 0. The molecule has 1 rings (SSSR count). The zero-order chi connectivity index (χ0) is 8.81. The van der Waals surface area contributed by atoms with E-state index in [0.717, 1.165) is 10.0 Å². The van der Waals surface area contributed by atoms with Gasteiger partial charge >= 0.3 is 0 Å². The minimum Gasteiger partial charge on any atom is -0.437 e. The summed E-state index contributed by atoms with van der Waals surface area (Å²) in [6.45, 7) is 0.383. The van der Waals surface area contributed by atoms with E-state index in [1.807, 2.05) is 24.3 Å². The molecule has 0 saturated heterocycles. The molecule has 0 amide bonds. The van der Waals surface area contributed by atoms with E-state index in [0.29, 0.717) is 6.47 Å². The first kappa shape index (κ1) is 9.00. The molecule has 0 aliphatic rings. The molecule has 0 heterocycles. The van der Waals surface area contributed by atoms with Gasteiger partial charge in [0.15, 0.2) is 0 Å². The number of rotatable bonds is 3. The van der Waals surface area contributed by atoms with Crippen LogP contribution in [0.2, 0.25) is 0 Å². The third-order valence-corrected chi connectivity index (χ3v) is 1.74. The molecule has 0 saturated carbocycles. The minimum atomic E-state index is 0.383. The van der Waals surface area contributed by atoms with E-state index in [9.17, 15) is 4.79 Å². The fraction of sp³-hybridized carbons (Fsp3) is 0. The summed E-state index contributed by atoms with van der Waals surface area (Å²) in [7, 11) is 0. The third kappa shape index (κ3) is 2.88. The van der Waals surface area contributed by atoms with Crippen LogP contribution >= 0.6 is 15.9 Å². The van der Waals surface area contributed by atoms with Crippen molar-refractivity contribution in [3.05, 3.63) is 40.6 Å². The normalized spacial score (nSPS) is 10.1. The minimum absolute atomic E-state index is 0.383. The number of benzene rings is 1. The first-order valence-electron chi connectivity index (χ1n) is 3.34. The second-order valence-electron chi connectivity index (χ2n) is 2.09. The van der Waals surface area contributed by atoms with Crippen molar-refractivity contribution in [2.75, 3.05) is 0 Å². The van der Waals surface area contributed by atoms with Gasteiger partial charge in [-0.25, -0.2) is 0 Å². The molecule has 0 aliphatic carbocycles. The molecule has 0 fully saturated rings. The quantitative estimate of drug-likeness (QED) is 0.586. The van der Waals surface area contributed by atoms with E-state index >= 15 is 0 Å².